The number of hydrogen-bond acceptors (Lipinski definition) is 4. The van der Waals surface area contributed by atoms with Gasteiger partial charge in [0.1, 0.15) is 0 Å². The summed E-state index contributed by atoms with van der Waals surface area (Å²) in [5.41, 5.74) is 0.987. The summed E-state index contributed by atoms with van der Waals surface area (Å²) < 4.78 is 33.7. The molecule has 20 heavy (non-hydrogen) atoms. The van der Waals surface area contributed by atoms with Crippen LogP contribution in [0.3, 0.4) is 0 Å². The molecule has 0 aromatic carbocycles. The lowest BCUT2D eigenvalue weighted by Crippen LogP contribution is -2.26. The van der Waals surface area contributed by atoms with Crippen molar-refractivity contribution in [3.63, 3.8) is 0 Å². The zero-order chi connectivity index (χ0) is 15.0. The molecule has 0 unspecified atom stereocenters. The third kappa shape index (κ3) is 4.90. The fourth-order valence-electron chi connectivity index (χ4n) is 1.88. The Morgan fingerprint density at radius 2 is 2.10 bits per heavy atom. The smallest absolute Gasteiger partial charge is 0.242 e. The topological polar surface area (TPSA) is 72.4 Å². The summed E-state index contributed by atoms with van der Waals surface area (Å²) in [7, 11) is -1.91. The van der Waals surface area contributed by atoms with Crippen molar-refractivity contribution in [1.82, 2.24) is 14.6 Å². The van der Waals surface area contributed by atoms with Gasteiger partial charge in [-0.25, -0.2) is 13.1 Å². The molecule has 116 valence electrons. The molecule has 2 N–H and O–H groups in total. The normalized spacial score (nSPS) is 11.9. The zero-order valence-corrected chi connectivity index (χ0v) is 13.3. The highest BCUT2D eigenvalue weighted by atomic mass is 32.2. The first-order valence-corrected chi connectivity index (χ1v) is 8.41. The molecule has 1 aromatic heterocycles. The van der Waals surface area contributed by atoms with Gasteiger partial charge in [-0.2, -0.15) is 0 Å². The van der Waals surface area contributed by atoms with E-state index < -0.39 is 10.0 Å². The fraction of sp³-hybridized carbons (Fsp3) is 0.692. The highest BCUT2D eigenvalue weighted by Crippen LogP contribution is 2.15. The van der Waals surface area contributed by atoms with E-state index in [0.717, 1.165) is 25.2 Å². The van der Waals surface area contributed by atoms with Crippen molar-refractivity contribution in [3.05, 3.63) is 18.0 Å². The number of hydrogen-bond donors (Lipinski definition) is 2. The van der Waals surface area contributed by atoms with E-state index in [-0.39, 0.29) is 6.54 Å². The summed E-state index contributed by atoms with van der Waals surface area (Å²) in [5.74, 6) is 0. The first-order chi connectivity index (χ1) is 9.55. The number of rotatable bonds is 10. The molecule has 0 amide bonds. The van der Waals surface area contributed by atoms with Crippen LogP contribution in [-0.4, -0.2) is 39.8 Å². The van der Waals surface area contributed by atoms with Crippen LogP contribution in [0.15, 0.2) is 17.2 Å². The Bertz CT molecular complexity index is 497. The van der Waals surface area contributed by atoms with Gasteiger partial charge in [-0.1, -0.05) is 13.8 Å². The number of sulfonamides is 1. The Hall–Kier alpha value is -0.890. The predicted molar refractivity (Wildman–Crippen MR) is 79.2 cm³/mol. The average molecular weight is 303 g/mol. The Morgan fingerprint density at radius 3 is 2.70 bits per heavy atom. The SMILES string of the molecule is CCCn1cc(S(=O)(=O)NCCOC)cc1CNCC. The molecule has 0 saturated heterocycles. The molecule has 0 spiro atoms. The third-order valence-corrected chi connectivity index (χ3v) is 4.32. The van der Waals surface area contributed by atoms with E-state index in [4.69, 9.17) is 4.74 Å². The second kappa shape index (κ2) is 8.41. The van der Waals surface area contributed by atoms with Crippen LogP contribution < -0.4 is 10.0 Å². The van der Waals surface area contributed by atoms with Crippen LogP contribution in [0.2, 0.25) is 0 Å². The Morgan fingerprint density at radius 1 is 1.35 bits per heavy atom. The molecule has 1 aromatic rings. The quantitative estimate of drug-likeness (QED) is 0.631. The van der Waals surface area contributed by atoms with Crippen molar-refractivity contribution in [2.75, 3.05) is 26.8 Å². The number of nitrogens with zero attached hydrogens (tertiary/aromatic N) is 1. The predicted octanol–water partition coefficient (Wildman–Crippen LogP) is 0.932. The van der Waals surface area contributed by atoms with E-state index in [1.54, 1.807) is 19.4 Å². The lowest BCUT2D eigenvalue weighted by Gasteiger charge is -2.07. The van der Waals surface area contributed by atoms with E-state index in [1.807, 2.05) is 11.5 Å². The third-order valence-electron chi connectivity index (χ3n) is 2.89. The van der Waals surface area contributed by atoms with E-state index in [1.165, 1.54) is 0 Å². The molecular formula is C13H25N3O3S. The van der Waals surface area contributed by atoms with Gasteiger partial charge < -0.3 is 14.6 Å². The summed E-state index contributed by atoms with van der Waals surface area (Å²) >= 11 is 0. The second-order valence-corrected chi connectivity index (χ2v) is 6.30. The molecule has 0 radical (unpaired) electrons. The standard InChI is InChI=1S/C13H25N3O3S/c1-4-7-16-11-13(9-12(16)10-14-5-2)20(17,18)15-6-8-19-3/h9,11,14-15H,4-8,10H2,1-3H3. The summed E-state index contributed by atoms with van der Waals surface area (Å²) in [6.45, 7) is 7.07. The summed E-state index contributed by atoms with van der Waals surface area (Å²) in [5, 5.41) is 3.22. The van der Waals surface area contributed by atoms with Crippen LogP contribution in [0.25, 0.3) is 0 Å². The molecule has 1 rings (SSSR count). The molecule has 0 aliphatic carbocycles. The highest BCUT2D eigenvalue weighted by molar-refractivity contribution is 7.89. The van der Waals surface area contributed by atoms with Crippen LogP contribution in [0.5, 0.6) is 0 Å². The van der Waals surface area contributed by atoms with Crippen molar-refractivity contribution in [3.8, 4) is 0 Å². The van der Waals surface area contributed by atoms with Crippen molar-refractivity contribution < 1.29 is 13.2 Å². The van der Waals surface area contributed by atoms with Crippen LogP contribution >= 0.6 is 0 Å². The van der Waals surface area contributed by atoms with Gasteiger partial charge in [0.25, 0.3) is 0 Å². The summed E-state index contributed by atoms with van der Waals surface area (Å²) in [6, 6.07) is 1.73. The van der Waals surface area contributed by atoms with Crippen molar-refractivity contribution in [2.24, 2.45) is 0 Å². The molecule has 0 bridgehead atoms. The van der Waals surface area contributed by atoms with Gasteiger partial charge in [0.15, 0.2) is 0 Å². The Kier molecular flexibility index (Phi) is 7.22. The minimum Gasteiger partial charge on any atom is -0.383 e. The minimum absolute atomic E-state index is 0.278. The molecule has 6 nitrogen and oxygen atoms in total. The van der Waals surface area contributed by atoms with Crippen molar-refractivity contribution in [2.45, 2.75) is 38.3 Å². The maximum absolute atomic E-state index is 12.2. The van der Waals surface area contributed by atoms with Gasteiger partial charge >= 0.3 is 0 Å². The number of aromatic nitrogens is 1. The summed E-state index contributed by atoms with van der Waals surface area (Å²) in [6.07, 6.45) is 2.66. The van der Waals surface area contributed by atoms with E-state index in [0.29, 0.717) is 18.0 Å². The number of methoxy groups -OCH3 is 1. The van der Waals surface area contributed by atoms with E-state index >= 15 is 0 Å². The van der Waals surface area contributed by atoms with Gasteiger partial charge in [-0.15, -0.1) is 0 Å². The number of nitrogens with one attached hydrogen (secondary N) is 2. The Balaban J connectivity index is 2.88. The van der Waals surface area contributed by atoms with Gasteiger partial charge in [0.2, 0.25) is 10.0 Å². The van der Waals surface area contributed by atoms with Crippen molar-refractivity contribution in [1.29, 1.82) is 0 Å². The number of ether oxygens (including phenoxy) is 1. The summed E-state index contributed by atoms with van der Waals surface area (Å²) in [4.78, 5) is 0.315. The molecule has 0 fully saturated rings. The first-order valence-electron chi connectivity index (χ1n) is 6.93. The number of aryl methyl sites for hydroxylation is 1. The van der Waals surface area contributed by atoms with Gasteiger partial charge in [-0.3, -0.25) is 0 Å². The Labute approximate surface area is 121 Å². The molecule has 1 heterocycles. The van der Waals surface area contributed by atoms with Gasteiger partial charge in [0, 0.05) is 38.6 Å². The lowest BCUT2D eigenvalue weighted by molar-refractivity contribution is 0.204. The highest BCUT2D eigenvalue weighted by Gasteiger charge is 2.17. The van der Waals surface area contributed by atoms with Crippen LogP contribution in [0, 0.1) is 0 Å². The monoisotopic (exact) mass is 303 g/mol. The average Bonchev–Trinajstić information content (AvgIpc) is 2.81. The second-order valence-electron chi connectivity index (χ2n) is 4.53. The molecule has 0 aliphatic heterocycles. The largest absolute Gasteiger partial charge is 0.383 e. The zero-order valence-electron chi connectivity index (χ0n) is 12.5. The molecule has 0 atom stereocenters. The first kappa shape index (κ1) is 17.2. The van der Waals surface area contributed by atoms with Gasteiger partial charge in [0.05, 0.1) is 11.5 Å². The minimum atomic E-state index is -3.46. The molecule has 0 saturated carbocycles. The van der Waals surface area contributed by atoms with Gasteiger partial charge in [-0.05, 0) is 19.0 Å². The molecule has 7 heteroatoms. The van der Waals surface area contributed by atoms with Crippen LogP contribution in [0.4, 0.5) is 0 Å². The maximum atomic E-state index is 12.2. The van der Waals surface area contributed by atoms with Crippen LogP contribution in [-0.2, 0) is 27.8 Å². The van der Waals surface area contributed by atoms with Crippen LogP contribution in [0.1, 0.15) is 26.0 Å². The van der Waals surface area contributed by atoms with Crippen molar-refractivity contribution >= 4 is 10.0 Å². The fourth-order valence-corrected chi connectivity index (χ4v) is 2.96. The molecule has 0 aliphatic rings. The van der Waals surface area contributed by atoms with E-state index in [2.05, 4.69) is 17.0 Å². The van der Waals surface area contributed by atoms with E-state index in [9.17, 15) is 8.42 Å². The lowest BCUT2D eigenvalue weighted by atomic mass is 10.4. The maximum Gasteiger partial charge on any atom is 0.242 e. The molecular weight excluding hydrogens is 278 g/mol.